The molecule has 0 radical (unpaired) electrons. The first kappa shape index (κ1) is 13.0. The van der Waals surface area contributed by atoms with Crippen molar-refractivity contribution in [2.45, 2.75) is 32.2 Å². The molecule has 1 amide bonds. The number of rotatable bonds is 3. The monoisotopic (exact) mass is 223 g/mol. The number of carbonyl (C=O) groups excluding carboxylic acids is 1. The molecule has 0 aliphatic heterocycles. The summed E-state index contributed by atoms with van der Waals surface area (Å²) in [5.41, 5.74) is 0. The maximum atomic E-state index is 11.3. The number of hydrogen-bond donors (Lipinski definition) is 1. The fraction of sp³-hybridized carbons (Fsp3) is 0.833. The van der Waals surface area contributed by atoms with Crippen molar-refractivity contribution in [1.82, 2.24) is 10.2 Å². The van der Waals surface area contributed by atoms with E-state index in [-0.39, 0.29) is 17.9 Å². The molecule has 0 aromatic carbocycles. The highest BCUT2D eigenvalue weighted by molar-refractivity contribution is 5.77. The van der Waals surface area contributed by atoms with Crippen LogP contribution in [0.4, 0.5) is 0 Å². The Morgan fingerprint density at radius 3 is 2.81 bits per heavy atom. The smallest absolute Gasteiger partial charge is 0.233 e. The lowest BCUT2D eigenvalue weighted by Gasteiger charge is -2.36. The van der Waals surface area contributed by atoms with Gasteiger partial charge in [-0.05, 0) is 32.2 Å². The Bertz CT molecular complexity index is 284. The second kappa shape index (κ2) is 5.86. The van der Waals surface area contributed by atoms with Crippen LogP contribution in [0.1, 0.15) is 26.2 Å². The van der Waals surface area contributed by atoms with Gasteiger partial charge in [0.1, 0.15) is 0 Å². The third-order valence-electron chi connectivity index (χ3n) is 3.48. The van der Waals surface area contributed by atoms with E-state index in [2.05, 4.69) is 18.3 Å². The summed E-state index contributed by atoms with van der Waals surface area (Å²) in [5, 5.41) is 11.7. The molecule has 0 spiro atoms. The Morgan fingerprint density at radius 2 is 2.25 bits per heavy atom. The van der Waals surface area contributed by atoms with Crippen LogP contribution in [0.3, 0.4) is 0 Å². The number of hydrogen-bond acceptors (Lipinski definition) is 3. The van der Waals surface area contributed by atoms with Gasteiger partial charge in [-0.3, -0.25) is 9.69 Å². The second-order valence-electron chi connectivity index (χ2n) is 4.81. The molecule has 16 heavy (non-hydrogen) atoms. The molecule has 1 fully saturated rings. The number of nitrogens with one attached hydrogen (secondary N) is 1. The van der Waals surface area contributed by atoms with Crippen LogP contribution in [0.5, 0.6) is 0 Å². The van der Waals surface area contributed by atoms with Crippen molar-refractivity contribution in [3.05, 3.63) is 0 Å². The number of amides is 1. The minimum absolute atomic E-state index is 0.0115. The molecule has 1 rings (SSSR count). The van der Waals surface area contributed by atoms with E-state index >= 15 is 0 Å². The summed E-state index contributed by atoms with van der Waals surface area (Å²) in [5.74, 6) is 0.741. The van der Waals surface area contributed by atoms with Gasteiger partial charge in [-0.2, -0.15) is 5.26 Å². The van der Waals surface area contributed by atoms with Gasteiger partial charge in [0.05, 0.1) is 18.5 Å². The van der Waals surface area contributed by atoms with Crippen LogP contribution in [0.2, 0.25) is 0 Å². The van der Waals surface area contributed by atoms with E-state index in [1.54, 1.807) is 7.05 Å². The zero-order valence-electron chi connectivity index (χ0n) is 10.4. The molecule has 3 atom stereocenters. The van der Waals surface area contributed by atoms with E-state index in [1.165, 1.54) is 0 Å². The third-order valence-corrected chi connectivity index (χ3v) is 3.48. The van der Waals surface area contributed by atoms with Crippen LogP contribution in [-0.2, 0) is 4.79 Å². The predicted molar refractivity (Wildman–Crippen MR) is 62.6 cm³/mol. The van der Waals surface area contributed by atoms with E-state index in [1.807, 2.05) is 11.9 Å². The molecule has 0 heterocycles. The molecule has 3 unspecified atom stereocenters. The first-order chi connectivity index (χ1) is 7.58. The quantitative estimate of drug-likeness (QED) is 0.776. The summed E-state index contributed by atoms with van der Waals surface area (Å²) in [6.07, 6.45) is 3.11. The highest BCUT2D eigenvalue weighted by Crippen LogP contribution is 2.31. The van der Waals surface area contributed by atoms with E-state index in [0.717, 1.165) is 19.3 Å². The molecule has 1 saturated carbocycles. The van der Waals surface area contributed by atoms with E-state index < -0.39 is 0 Å². The lowest BCUT2D eigenvalue weighted by molar-refractivity contribution is -0.122. The van der Waals surface area contributed by atoms with Gasteiger partial charge in [-0.25, -0.2) is 0 Å². The van der Waals surface area contributed by atoms with Crippen molar-refractivity contribution in [3.63, 3.8) is 0 Å². The molecule has 0 aromatic rings. The van der Waals surface area contributed by atoms with Gasteiger partial charge in [0.15, 0.2) is 0 Å². The highest BCUT2D eigenvalue weighted by Gasteiger charge is 2.31. The average molecular weight is 223 g/mol. The molecule has 4 heteroatoms. The first-order valence-corrected chi connectivity index (χ1v) is 5.89. The Morgan fingerprint density at radius 1 is 1.56 bits per heavy atom. The lowest BCUT2D eigenvalue weighted by Crippen LogP contribution is -2.45. The van der Waals surface area contributed by atoms with Crippen molar-refractivity contribution >= 4 is 5.91 Å². The van der Waals surface area contributed by atoms with Gasteiger partial charge in [0.25, 0.3) is 0 Å². The van der Waals surface area contributed by atoms with Crippen molar-refractivity contribution < 1.29 is 4.79 Å². The number of nitriles is 1. The largest absolute Gasteiger partial charge is 0.358 e. The number of likely N-dealkylation sites (N-methyl/N-ethyl adjacent to an activating group) is 2. The molecule has 1 N–H and O–H groups in total. The molecular weight excluding hydrogens is 202 g/mol. The fourth-order valence-electron chi connectivity index (χ4n) is 2.41. The molecule has 0 aromatic heterocycles. The Balaban J connectivity index is 2.60. The van der Waals surface area contributed by atoms with Gasteiger partial charge in [-0.15, -0.1) is 0 Å². The summed E-state index contributed by atoms with van der Waals surface area (Å²) in [6, 6.07) is 2.60. The lowest BCUT2D eigenvalue weighted by atomic mass is 9.79. The van der Waals surface area contributed by atoms with E-state index in [4.69, 9.17) is 5.26 Å². The number of carbonyl (C=O) groups is 1. The normalized spacial score (nSPS) is 29.8. The minimum Gasteiger partial charge on any atom is -0.358 e. The summed E-state index contributed by atoms with van der Waals surface area (Å²) in [6.45, 7) is 2.60. The average Bonchev–Trinajstić information content (AvgIpc) is 2.28. The van der Waals surface area contributed by atoms with Gasteiger partial charge in [0, 0.05) is 13.1 Å². The zero-order chi connectivity index (χ0) is 12.1. The molecular formula is C12H21N3O. The topological polar surface area (TPSA) is 56.1 Å². The van der Waals surface area contributed by atoms with Crippen LogP contribution in [0.15, 0.2) is 0 Å². The molecule has 1 aliphatic rings. The van der Waals surface area contributed by atoms with E-state index in [9.17, 15) is 4.79 Å². The van der Waals surface area contributed by atoms with Crippen LogP contribution in [-0.4, -0.2) is 37.5 Å². The maximum absolute atomic E-state index is 11.3. The standard InChI is InChI=1S/C12H21N3O/c1-9-4-5-10(7-13)11(6-9)15(3)8-12(16)14-2/h9-11H,4-6,8H2,1-3H3,(H,14,16). The zero-order valence-corrected chi connectivity index (χ0v) is 10.4. The SMILES string of the molecule is CNC(=O)CN(C)C1CC(C)CCC1C#N. The molecule has 90 valence electrons. The summed E-state index contributed by atoms with van der Waals surface area (Å²) < 4.78 is 0. The predicted octanol–water partition coefficient (Wildman–Crippen LogP) is 0.993. The Labute approximate surface area is 97.6 Å². The fourth-order valence-corrected chi connectivity index (χ4v) is 2.41. The summed E-state index contributed by atoms with van der Waals surface area (Å²) in [4.78, 5) is 13.3. The Hall–Kier alpha value is -1.08. The summed E-state index contributed by atoms with van der Waals surface area (Å²) >= 11 is 0. The van der Waals surface area contributed by atoms with Crippen LogP contribution >= 0.6 is 0 Å². The number of nitrogens with zero attached hydrogens (tertiary/aromatic N) is 2. The van der Waals surface area contributed by atoms with Gasteiger partial charge >= 0.3 is 0 Å². The second-order valence-corrected chi connectivity index (χ2v) is 4.81. The first-order valence-electron chi connectivity index (χ1n) is 5.89. The van der Waals surface area contributed by atoms with Crippen molar-refractivity contribution in [3.8, 4) is 6.07 Å². The van der Waals surface area contributed by atoms with Crippen LogP contribution < -0.4 is 5.32 Å². The van der Waals surface area contributed by atoms with Crippen LogP contribution in [0.25, 0.3) is 0 Å². The van der Waals surface area contributed by atoms with E-state index in [0.29, 0.717) is 12.5 Å². The summed E-state index contributed by atoms with van der Waals surface area (Å²) in [7, 11) is 3.57. The molecule has 4 nitrogen and oxygen atoms in total. The maximum Gasteiger partial charge on any atom is 0.233 e. The Kier molecular flexibility index (Phi) is 4.75. The van der Waals surface area contributed by atoms with Crippen molar-refractivity contribution in [2.24, 2.45) is 11.8 Å². The molecule has 0 saturated heterocycles. The van der Waals surface area contributed by atoms with Gasteiger partial charge in [-0.1, -0.05) is 6.92 Å². The van der Waals surface area contributed by atoms with Gasteiger partial charge < -0.3 is 5.32 Å². The van der Waals surface area contributed by atoms with Gasteiger partial charge in [0.2, 0.25) is 5.91 Å². The molecule has 1 aliphatic carbocycles. The third kappa shape index (κ3) is 3.21. The highest BCUT2D eigenvalue weighted by atomic mass is 16.1. The van der Waals surface area contributed by atoms with Crippen molar-refractivity contribution in [1.29, 1.82) is 5.26 Å². The minimum atomic E-state index is 0.0115. The molecule has 0 bridgehead atoms. The van der Waals surface area contributed by atoms with Crippen LogP contribution in [0, 0.1) is 23.2 Å². The van der Waals surface area contributed by atoms with Crippen molar-refractivity contribution in [2.75, 3.05) is 20.6 Å².